The van der Waals surface area contributed by atoms with Gasteiger partial charge < -0.3 is 5.11 Å². The molecule has 110 valence electrons. The summed E-state index contributed by atoms with van der Waals surface area (Å²) >= 11 is 0. The third-order valence-corrected chi connectivity index (χ3v) is 3.40. The Hall–Kier alpha value is -2.20. The third kappa shape index (κ3) is 4.13. The van der Waals surface area contributed by atoms with Gasteiger partial charge in [0.2, 0.25) is 0 Å². The van der Waals surface area contributed by atoms with Gasteiger partial charge in [0.15, 0.2) is 0 Å². The Balaban J connectivity index is 2.04. The van der Waals surface area contributed by atoms with Crippen molar-refractivity contribution >= 4 is 5.97 Å². The number of carbonyl (C=O) groups is 1. The Bertz CT molecular complexity index is 638. The Morgan fingerprint density at radius 3 is 2.38 bits per heavy atom. The Morgan fingerprint density at radius 2 is 1.81 bits per heavy atom. The number of rotatable bonds is 5. The van der Waals surface area contributed by atoms with Crippen molar-refractivity contribution in [3.8, 4) is 0 Å². The first kappa shape index (κ1) is 15.2. The van der Waals surface area contributed by atoms with E-state index in [0.717, 1.165) is 16.7 Å². The normalized spacial score (nSPS) is 10.9. The lowest BCUT2D eigenvalue weighted by Gasteiger charge is -2.18. The molecule has 2 aromatic carbocycles. The van der Waals surface area contributed by atoms with Crippen molar-refractivity contribution in [3.63, 3.8) is 0 Å². The first-order chi connectivity index (χ1) is 9.95. The molecule has 0 bridgehead atoms. The summed E-state index contributed by atoms with van der Waals surface area (Å²) in [5.74, 6) is -1.15. The average Bonchev–Trinajstić information content (AvgIpc) is 2.43. The fourth-order valence-electron chi connectivity index (χ4n) is 2.25. The smallest absolute Gasteiger partial charge is 0.335 e. The quantitative estimate of drug-likeness (QED) is 0.915. The molecule has 4 heteroatoms. The highest BCUT2D eigenvalue weighted by molar-refractivity contribution is 5.87. The van der Waals surface area contributed by atoms with Gasteiger partial charge in [-0.1, -0.05) is 18.2 Å². The van der Waals surface area contributed by atoms with Crippen LogP contribution < -0.4 is 0 Å². The van der Waals surface area contributed by atoms with E-state index in [2.05, 4.69) is 4.90 Å². The fourth-order valence-corrected chi connectivity index (χ4v) is 2.25. The highest BCUT2D eigenvalue weighted by Gasteiger charge is 2.08. The van der Waals surface area contributed by atoms with Crippen molar-refractivity contribution in [1.82, 2.24) is 4.90 Å². The van der Waals surface area contributed by atoms with E-state index in [1.165, 1.54) is 12.1 Å². The molecular formula is C17H18FNO2. The maximum Gasteiger partial charge on any atom is 0.335 e. The fraction of sp³-hybridized carbons (Fsp3) is 0.235. The second-order valence-electron chi connectivity index (χ2n) is 5.25. The zero-order chi connectivity index (χ0) is 15.4. The monoisotopic (exact) mass is 287 g/mol. The molecule has 0 saturated heterocycles. The number of aryl methyl sites for hydroxylation is 1. The van der Waals surface area contributed by atoms with Crippen molar-refractivity contribution in [2.75, 3.05) is 7.05 Å². The van der Waals surface area contributed by atoms with Crippen LogP contribution in [-0.2, 0) is 13.1 Å². The molecule has 0 unspecified atom stereocenters. The molecule has 2 rings (SSSR count). The van der Waals surface area contributed by atoms with Crippen LogP contribution in [0.2, 0.25) is 0 Å². The second-order valence-corrected chi connectivity index (χ2v) is 5.25. The molecular weight excluding hydrogens is 269 g/mol. The highest BCUT2D eigenvalue weighted by Crippen LogP contribution is 2.15. The first-order valence-corrected chi connectivity index (χ1v) is 6.71. The molecule has 2 aromatic rings. The summed E-state index contributed by atoms with van der Waals surface area (Å²) in [5.41, 5.74) is 3.39. The summed E-state index contributed by atoms with van der Waals surface area (Å²) in [7, 11) is 1.98. The summed E-state index contributed by atoms with van der Waals surface area (Å²) < 4.78 is 12.9. The summed E-state index contributed by atoms with van der Waals surface area (Å²) in [5, 5.41) is 8.96. The van der Waals surface area contributed by atoms with Crippen LogP contribution in [0, 0.1) is 12.7 Å². The number of carboxylic acid groups (broad SMARTS) is 1. The number of aromatic carboxylic acids is 1. The molecule has 0 spiro atoms. The van der Waals surface area contributed by atoms with Crippen LogP contribution in [-0.4, -0.2) is 23.0 Å². The van der Waals surface area contributed by atoms with Gasteiger partial charge in [0.1, 0.15) is 5.82 Å². The minimum absolute atomic E-state index is 0.235. The zero-order valence-electron chi connectivity index (χ0n) is 12.1. The Kier molecular flexibility index (Phi) is 4.70. The van der Waals surface area contributed by atoms with Crippen molar-refractivity contribution < 1.29 is 14.3 Å². The molecule has 0 aliphatic heterocycles. The lowest BCUT2D eigenvalue weighted by Crippen LogP contribution is -2.18. The van der Waals surface area contributed by atoms with Gasteiger partial charge in [0, 0.05) is 13.1 Å². The SMILES string of the molecule is Cc1cc(C(=O)O)ccc1CN(C)Cc1ccc(F)cc1. The standard InChI is InChI=1S/C17H18FNO2/c1-12-9-14(17(20)21)5-6-15(12)11-19(2)10-13-3-7-16(18)8-4-13/h3-9H,10-11H2,1-2H3,(H,20,21). The van der Waals surface area contributed by atoms with E-state index in [1.807, 2.05) is 20.0 Å². The summed E-state index contributed by atoms with van der Waals surface area (Å²) in [6.07, 6.45) is 0. The number of hydrogen-bond acceptors (Lipinski definition) is 2. The first-order valence-electron chi connectivity index (χ1n) is 6.71. The van der Waals surface area contributed by atoms with E-state index in [-0.39, 0.29) is 5.82 Å². The number of benzene rings is 2. The van der Waals surface area contributed by atoms with Gasteiger partial charge in [-0.3, -0.25) is 4.90 Å². The number of nitrogens with zero attached hydrogens (tertiary/aromatic N) is 1. The number of halogens is 1. The van der Waals surface area contributed by atoms with Gasteiger partial charge in [0.25, 0.3) is 0 Å². The largest absolute Gasteiger partial charge is 0.478 e. The lowest BCUT2D eigenvalue weighted by atomic mass is 10.0. The van der Waals surface area contributed by atoms with Crippen molar-refractivity contribution in [1.29, 1.82) is 0 Å². The van der Waals surface area contributed by atoms with Crippen molar-refractivity contribution in [2.45, 2.75) is 20.0 Å². The van der Waals surface area contributed by atoms with Crippen molar-refractivity contribution in [2.24, 2.45) is 0 Å². The van der Waals surface area contributed by atoms with Gasteiger partial charge in [0.05, 0.1) is 5.56 Å². The van der Waals surface area contributed by atoms with Crippen LogP contribution in [0.4, 0.5) is 4.39 Å². The molecule has 21 heavy (non-hydrogen) atoms. The Morgan fingerprint density at radius 1 is 1.14 bits per heavy atom. The van der Waals surface area contributed by atoms with Crippen molar-refractivity contribution in [3.05, 3.63) is 70.5 Å². The molecule has 0 heterocycles. The minimum atomic E-state index is -0.913. The van der Waals surface area contributed by atoms with Crippen LogP contribution in [0.25, 0.3) is 0 Å². The van der Waals surface area contributed by atoms with Gasteiger partial charge in [-0.15, -0.1) is 0 Å². The van der Waals surface area contributed by atoms with E-state index < -0.39 is 5.97 Å². The minimum Gasteiger partial charge on any atom is -0.478 e. The van der Waals surface area contributed by atoms with Gasteiger partial charge in [-0.2, -0.15) is 0 Å². The summed E-state index contributed by atoms with van der Waals surface area (Å²) in [4.78, 5) is 13.0. The van der Waals surface area contributed by atoms with E-state index >= 15 is 0 Å². The molecule has 1 N–H and O–H groups in total. The second kappa shape index (κ2) is 6.50. The maximum absolute atomic E-state index is 12.9. The van der Waals surface area contributed by atoms with Crippen LogP contribution in [0.1, 0.15) is 27.0 Å². The van der Waals surface area contributed by atoms with Crippen LogP contribution in [0.3, 0.4) is 0 Å². The molecule has 0 aromatic heterocycles. The predicted octanol–water partition coefficient (Wildman–Crippen LogP) is 3.46. The molecule has 0 aliphatic rings. The third-order valence-electron chi connectivity index (χ3n) is 3.40. The van der Waals surface area contributed by atoms with Gasteiger partial charge in [-0.25, -0.2) is 9.18 Å². The Labute approximate surface area is 123 Å². The molecule has 0 atom stereocenters. The predicted molar refractivity (Wildman–Crippen MR) is 79.7 cm³/mol. The van der Waals surface area contributed by atoms with Crippen LogP contribution in [0.15, 0.2) is 42.5 Å². The summed E-state index contributed by atoms with van der Waals surface area (Å²) in [6, 6.07) is 11.6. The average molecular weight is 287 g/mol. The number of carboxylic acids is 1. The van der Waals surface area contributed by atoms with E-state index in [0.29, 0.717) is 18.7 Å². The zero-order valence-corrected chi connectivity index (χ0v) is 12.1. The van der Waals surface area contributed by atoms with Gasteiger partial charge in [-0.05, 0) is 54.9 Å². The van der Waals surface area contributed by atoms with Gasteiger partial charge >= 0.3 is 5.97 Å². The molecule has 3 nitrogen and oxygen atoms in total. The van der Waals surface area contributed by atoms with E-state index in [9.17, 15) is 9.18 Å². The molecule has 0 fully saturated rings. The van der Waals surface area contributed by atoms with E-state index in [4.69, 9.17) is 5.11 Å². The molecule has 0 aliphatic carbocycles. The highest BCUT2D eigenvalue weighted by atomic mass is 19.1. The summed E-state index contributed by atoms with van der Waals surface area (Å²) in [6.45, 7) is 3.33. The molecule has 0 radical (unpaired) electrons. The van der Waals surface area contributed by atoms with Crippen LogP contribution >= 0.6 is 0 Å². The topological polar surface area (TPSA) is 40.5 Å². The van der Waals surface area contributed by atoms with Crippen LogP contribution in [0.5, 0.6) is 0 Å². The number of hydrogen-bond donors (Lipinski definition) is 1. The van der Waals surface area contributed by atoms with E-state index in [1.54, 1.807) is 24.3 Å². The molecule has 0 saturated carbocycles. The lowest BCUT2D eigenvalue weighted by molar-refractivity contribution is 0.0696. The molecule has 0 amide bonds. The maximum atomic E-state index is 12.9.